The van der Waals surface area contributed by atoms with Crippen molar-refractivity contribution in [2.45, 2.75) is 32.7 Å². The fraction of sp³-hybridized carbons (Fsp3) is 0.467. The topological polar surface area (TPSA) is 70.2 Å². The summed E-state index contributed by atoms with van der Waals surface area (Å²) in [4.78, 5) is 23.3. The summed E-state index contributed by atoms with van der Waals surface area (Å²) in [6.07, 6.45) is 2.07. The van der Waals surface area contributed by atoms with Crippen molar-refractivity contribution in [3.63, 3.8) is 0 Å². The van der Waals surface area contributed by atoms with Gasteiger partial charge in [-0.1, -0.05) is 6.92 Å². The summed E-state index contributed by atoms with van der Waals surface area (Å²) in [7, 11) is 0. The van der Waals surface area contributed by atoms with Gasteiger partial charge >= 0.3 is 0 Å². The molecule has 1 aliphatic rings. The van der Waals surface area contributed by atoms with Crippen LogP contribution in [0, 0.1) is 11.7 Å². The number of benzene rings is 1. The van der Waals surface area contributed by atoms with Gasteiger partial charge in [-0.2, -0.15) is 0 Å². The Hall–Kier alpha value is -1.95. The van der Waals surface area contributed by atoms with Crippen LogP contribution in [0.5, 0.6) is 0 Å². The van der Waals surface area contributed by atoms with Gasteiger partial charge in [0.2, 0.25) is 11.8 Å². The molecule has 114 valence electrons. The summed E-state index contributed by atoms with van der Waals surface area (Å²) in [5.74, 6) is -0.774. The van der Waals surface area contributed by atoms with Crippen molar-refractivity contribution in [3.8, 4) is 0 Å². The highest BCUT2D eigenvalue weighted by molar-refractivity contribution is 5.96. The predicted octanol–water partition coefficient (Wildman–Crippen LogP) is 2.11. The first-order valence-electron chi connectivity index (χ1n) is 7.09. The third-order valence-electron chi connectivity index (χ3n) is 3.60. The van der Waals surface area contributed by atoms with E-state index in [2.05, 4.69) is 16.0 Å². The Balaban J connectivity index is 2.08. The summed E-state index contributed by atoms with van der Waals surface area (Å²) in [5, 5.41) is 8.35. The third-order valence-corrected chi connectivity index (χ3v) is 3.60. The molecule has 0 aromatic heterocycles. The standard InChI is InChI=1S/C15H20FN3O2/c1-9-4-3-7-17-14(9)15(21)19-11-5-6-12(16)13(8-11)18-10(2)20/h5-6,8-9,14,17H,3-4,7H2,1-2H3,(H,18,20)(H,19,21). The number of piperidine rings is 1. The first-order valence-corrected chi connectivity index (χ1v) is 7.09. The maximum absolute atomic E-state index is 13.5. The molecule has 1 aromatic rings. The van der Waals surface area contributed by atoms with Crippen LogP contribution in [0.2, 0.25) is 0 Å². The Labute approximate surface area is 123 Å². The number of nitrogens with one attached hydrogen (secondary N) is 3. The second kappa shape index (κ2) is 6.67. The van der Waals surface area contributed by atoms with Gasteiger partial charge in [-0.15, -0.1) is 0 Å². The molecule has 3 N–H and O–H groups in total. The van der Waals surface area contributed by atoms with E-state index in [1.165, 1.54) is 25.1 Å². The molecule has 0 spiro atoms. The number of hydrogen-bond acceptors (Lipinski definition) is 3. The number of anilines is 2. The van der Waals surface area contributed by atoms with E-state index in [4.69, 9.17) is 0 Å². The van der Waals surface area contributed by atoms with Crippen LogP contribution in [0.3, 0.4) is 0 Å². The van der Waals surface area contributed by atoms with Crippen molar-refractivity contribution in [2.24, 2.45) is 5.92 Å². The maximum Gasteiger partial charge on any atom is 0.241 e. The number of carbonyl (C=O) groups is 2. The van der Waals surface area contributed by atoms with Gasteiger partial charge in [0.15, 0.2) is 0 Å². The number of rotatable bonds is 3. The van der Waals surface area contributed by atoms with Crippen LogP contribution < -0.4 is 16.0 Å². The summed E-state index contributed by atoms with van der Waals surface area (Å²) in [5.41, 5.74) is 0.523. The highest BCUT2D eigenvalue weighted by Crippen LogP contribution is 2.21. The van der Waals surface area contributed by atoms with Crippen LogP contribution in [0.1, 0.15) is 26.7 Å². The number of carbonyl (C=O) groups excluding carboxylic acids is 2. The number of hydrogen-bond donors (Lipinski definition) is 3. The molecule has 21 heavy (non-hydrogen) atoms. The van der Waals surface area contributed by atoms with Crippen LogP contribution in [-0.2, 0) is 9.59 Å². The zero-order valence-corrected chi connectivity index (χ0v) is 12.2. The monoisotopic (exact) mass is 293 g/mol. The fourth-order valence-corrected chi connectivity index (χ4v) is 2.51. The number of halogens is 1. The average Bonchev–Trinajstić information content (AvgIpc) is 2.42. The summed E-state index contributed by atoms with van der Waals surface area (Å²) < 4.78 is 13.5. The molecule has 2 atom stereocenters. The van der Waals surface area contributed by atoms with Crippen LogP contribution >= 0.6 is 0 Å². The molecule has 1 fully saturated rings. The first kappa shape index (κ1) is 15.4. The minimum Gasteiger partial charge on any atom is -0.325 e. The normalized spacial score (nSPS) is 21.7. The molecule has 1 aromatic carbocycles. The molecule has 0 bridgehead atoms. The predicted molar refractivity (Wildman–Crippen MR) is 79.5 cm³/mol. The van der Waals surface area contributed by atoms with Crippen LogP contribution in [0.4, 0.5) is 15.8 Å². The van der Waals surface area contributed by atoms with Crippen molar-refractivity contribution >= 4 is 23.2 Å². The average molecular weight is 293 g/mol. The van der Waals surface area contributed by atoms with Crippen molar-refractivity contribution < 1.29 is 14.0 Å². The van der Waals surface area contributed by atoms with E-state index >= 15 is 0 Å². The van der Waals surface area contributed by atoms with Gasteiger partial charge in [0.1, 0.15) is 5.82 Å². The van der Waals surface area contributed by atoms with Gasteiger partial charge in [-0.25, -0.2) is 4.39 Å². The molecule has 0 aliphatic carbocycles. The summed E-state index contributed by atoms with van der Waals surface area (Å²) in [6.45, 7) is 4.16. The smallest absolute Gasteiger partial charge is 0.241 e. The molecule has 5 nitrogen and oxygen atoms in total. The van der Waals surface area contributed by atoms with Gasteiger partial charge in [0, 0.05) is 12.6 Å². The lowest BCUT2D eigenvalue weighted by Crippen LogP contribution is -2.48. The largest absolute Gasteiger partial charge is 0.325 e. The van der Waals surface area contributed by atoms with E-state index in [0.717, 1.165) is 19.4 Å². The van der Waals surface area contributed by atoms with E-state index in [1.54, 1.807) is 0 Å². The molecular weight excluding hydrogens is 273 g/mol. The van der Waals surface area contributed by atoms with Crippen LogP contribution in [0.25, 0.3) is 0 Å². The lowest BCUT2D eigenvalue weighted by atomic mass is 9.92. The van der Waals surface area contributed by atoms with Crippen molar-refractivity contribution in [1.29, 1.82) is 0 Å². The van der Waals surface area contributed by atoms with E-state index in [0.29, 0.717) is 5.69 Å². The van der Waals surface area contributed by atoms with Crippen LogP contribution in [-0.4, -0.2) is 24.4 Å². The highest BCUT2D eigenvalue weighted by Gasteiger charge is 2.27. The van der Waals surface area contributed by atoms with E-state index in [9.17, 15) is 14.0 Å². The molecule has 1 aliphatic heterocycles. The molecule has 0 saturated carbocycles. The Bertz CT molecular complexity index is 548. The Morgan fingerprint density at radius 2 is 2.10 bits per heavy atom. The molecule has 2 unspecified atom stereocenters. The molecule has 0 radical (unpaired) electrons. The second-order valence-corrected chi connectivity index (χ2v) is 5.42. The van der Waals surface area contributed by atoms with Crippen molar-refractivity contribution in [3.05, 3.63) is 24.0 Å². The SMILES string of the molecule is CC(=O)Nc1cc(NC(=O)C2NCCCC2C)ccc1F. The molecule has 1 heterocycles. The Morgan fingerprint density at radius 1 is 1.33 bits per heavy atom. The molecule has 1 saturated heterocycles. The lowest BCUT2D eigenvalue weighted by molar-refractivity contribution is -0.119. The van der Waals surface area contributed by atoms with Gasteiger partial charge in [-0.3, -0.25) is 9.59 Å². The fourth-order valence-electron chi connectivity index (χ4n) is 2.51. The maximum atomic E-state index is 13.5. The molecular formula is C15H20FN3O2. The van der Waals surface area contributed by atoms with Crippen molar-refractivity contribution in [2.75, 3.05) is 17.2 Å². The van der Waals surface area contributed by atoms with Gasteiger partial charge < -0.3 is 16.0 Å². The number of amides is 2. The first-order chi connectivity index (χ1) is 9.97. The molecule has 6 heteroatoms. The van der Waals surface area contributed by atoms with Gasteiger partial charge in [0.05, 0.1) is 11.7 Å². The minimum absolute atomic E-state index is 0.0601. The molecule has 2 amide bonds. The van der Waals surface area contributed by atoms with Gasteiger partial charge in [-0.05, 0) is 43.5 Å². The third kappa shape index (κ3) is 4.01. The second-order valence-electron chi connectivity index (χ2n) is 5.42. The zero-order chi connectivity index (χ0) is 15.4. The van der Waals surface area contributed by atoms with E-state index in [-0.39, 0.29) is 29.5 Å². The minimum atomic E-state index is -0.535. The Morgan fingerprint density at radius 3 is 2.76 bits per heavy atom. The van der Waals surface area contributed by atoms with Gasteiger partial charge in [0.25, 0.3) is 0 Å². The van der Waals surface area contributed by atoms with E-state index in [1.807, 2.05) is 6.92 Å². The quantitative estimate of drug-likeness (QED) is 0.799. The van der Waals surface area contributed by atoms with E-state index < -0.39 is 5.82 Å². The molecule has 2 rings (SSSR count). The zero-order valence-electron chi connectivity index (χ0n) is 12.2. The highest BCUT2D eigenvalue weighted by atomic mass is 19.1. The lowest BCUT2D eigenvalue weighted by Gasteiger charge is -2.29. The van der Waals surface area contributed by atoms with Crippen LogP contribution in [0.15, 0.2) is 18.2 Å². The summed E-state index contributed by atoms with van der Waals surface area (Å²) in [6, 6.07) is 3.88. The Kier molecular flexibility index (Phi) is 4.90. The van der Waals surface area contributed by atoms with Crippen molar-refractivity contribution in [1.82, 2.24) is 5.32 Å². The summed E-state index contributed by atoms with van der Waals surface area (Å²) >= 11 is 0.